The van der Waals surface area contributed by atoms with Gasteiger partial charge in [0, 0.05) is 5.69 Å². The highest BCUT2D eigenvalue weighted by Gasteiger charge is 2.09. The molecule has 21 heavy (non-hydrogen) atoms. The fourth-order valence-electron chi connectivity index (χ4n) is 1.67. The first kappa shape index (κ1) is 14.8. The van der Waals surface area contributed by atoms with Crippen LogP contribution >= 0.6 is 11.3 Å². The largest absolute Gasteiger partial charge is 0.494 e. The molecule has 1 aromatic carbocycles. The first-order valence-corrected chi connectivity index (χ1v) is 7.35. The number of benzene rings is 1. The van der Waals surface area contributed by atoms with Crippen LogP contribution in [-0.4, -0.2) is 12.5 Å². The van der Waals surface area contributed by atoms with Gasteiger partial charge in [0.2, 0.25) is 0 Å². The molecular formula is C16H14N2O2S. The van der Waals surface area contributed by atoms with Gasteiger partial charge in [-0.3, -0.25) is 4.79 Å². The van der Waals surface area contributed by atoms with Crippen LogP contribution in [0.5, 0.6) is 5.75 Å². The van der Waals surface area contributed by atoms with Gasteiger partial charge in [-0.05, 0) is 59.7 Å². The minimum absolute atomic E-state index is 0.0716. The van der Waals surface area contributed by atoms with E-state index in [0.29, 0.717) is 12.3 Å². The molecule has 0 unspecified atom stereocenters. The van der Waals surface area contributed by atoms with Gasteiger partial charge in [-0.15, -0.1) is 0 Å². The summed E-state index contributed by atoms with van der Waals surface area (Å²) in [5.41, 5.74) is 1.54. The van der Waals surface area contributed by atoms with Crippen molar-refractivity contribution in [3.05, 3.63) is 52.2 Å². The molecule has 2 aromatic rings. The number of thiophene rings is 1. The molecule has 1 heterocycles. The summed E-state index contributed by atoms with van der Waals surface area (Å²) in [5.74, 6) is 0.317. The third-order valence-electron chi connectivity index (χ3n) is 2.64. The first-order chi connectivity index (χ1) is 10.2. The quantitative estimate of drug-likeness (QED) is 0.676. The van der Waals surface area contributed by atoms with Gasteiger partial charge in [0.05, 0.1) is 6.61 Å². The molecule has 0 saturated carbocycles. The highest BCUT2D eigenvalue weighted by molar-refractivity contribution is 7.08. The van der Waals surface area contributed by atoms with Crippen LogP contribution in [0.2, 0.25) is 0 Å². The highest BCUT2D eigenvalue weighted by Crippen LogP contribution is 2.17. The lowest BCUT2D eigenvalue weighted by Crippen LogP contribution is -2.13. The van der Waals surface area contributed by atoms with Crippen LogP contribution in [0.15, 0.2) is 46.7 Å². The molecule has 0 bridgehead atoms. The number of carbonyl (C=O) groups excluding carboxylic acids is 1. The molecule has 1 aromatic heterocycles. The smallest absolute Gasteiger partial charge is 0.266 e. The van der Waals surface area contributed by atoms with Crippen LogP contribution in [0.4, 0.5) is 5.69 Å². The predicted molar refractivity (Wildman–Crippen MR) is 84.1 cm³/mol. The lowest BCUT2D eigenvalue weighted by atomic mass is 10.2. The maximum absolute atomic E-state index is 12.1. The Hall–Kier alpha value is -2.58. The normalized spacial score (nSPS) is 10.8. The molecule has 106 valence electrons. The maximum Gasteiger partial charge on any atom is 0.266 e. The van der Waals surface area contributed by atoms with Crippen LogP contribution in [0.1, 0.15) is 12.5 Å². The number of rotatable bonds is 5. The summed E-state index contributed by atoms with van der Waals surface area (Å²) >= 11 is 1.51. The molecule has 1 N–H and O–H groups in total. The van der Waals surface area contributed by atoms with Crippen LogP contribution in [0, 0.1) is 11.3 Å². The van der Waals surface area contributed by atoms with E-state index in [1.165, 1.54) is 11.3 Å². The van der Waals surface area contributed by atoms with Gasteiger partial charge >= 0.3 is 0 Å². The van der Waals surface area contributed by atoms with Crippen LogP contribution in [0.3, 0.4) is 0 Å². The van der Waals surface area contributed by atoms with Crippen molar-refractivity contribution in [2.45, 2.75) is 6.92 Å². The Labute approximate surface area is 127 Å². The topological polar surface area (TPSA) is 62.1 Å². The summed E-state index contributed by atoms with van der Waals surface area (Å²) in [6.45, 7) is 2.50. The molecule has 0 fully saturated rings. The number of carbonyl (C=O) groups is 1. The molecule has 1 amide bonds. The Morgan fingerprint density at radius 1 is 1.38 bits per heavy atom. The van der Waals surface area contributed by atoms with E-state index in [1.54, 1.807) is 30.3 Å². The molecule has 0 atom stereocenters. The average Bonchev–Trinajstić information content (AvgIpc) is 3.00. The summed E-state index contributed by atoms with van der Waals surface area (Å²) < 4.78 is 5.33. The third-order valence-corrected chi connectivity index (χ3v) is 3.34. The van der Waals surface area contributed by atoms with E-state index in [0.717, 1.165) is 11.3 Å². The van der Waals surface area contributed by atoms with E-state index < -0.39 is 5.91 Å². The summed E-state index contributed by atoms with van der Waals surface area (Å²) in [6, 6.07) is 10.8. The van der Waals surface area contributed by atoms with E-state index in [-0.39, 0.29) is 5.57 Å². The monoisotopic (exact) mass is 298 g/mol. The number of ether oxygens (including phenoxy) is 1. The van der Waals surface area contributed by atoms with E-state index in [2.05, 4.69) is 5.32 Å². The SMILES string of the molecule is CCOc1ccc(NC(=O)/C(C#N)=C\c2ccsc2)cc1. The molecule has 4 nitrogen and oxygen atoms in total. The first-order valence-electron chi connectivity index (χ1n) is 6.41. The molecule has 0 spiro atoms. The molecule has 0 saturated heterocycles. The Balaban J connectivity index is 2.07. The van der Waals surface area contributed by atoms with Crippen LogP contribution in [-0.2, 0) is 4.79 Å². The van der Waals surface area contributed by atoms with E-state index in [4.69, 9.17) is 10.00 Å². The summed E-state index contributed by atoms with van der Waals surface area (Å²) in [4.78, 5) is 12.1. The zero-order chi connectivity index (χ0) is 15.1. The molecule has 2 rings (SSSR count). The minimum Gasteiger partial charge on any atom is -0.494 e. The molecule has 0 aliphatic rings. The summed E-state index contributed by atoms with van der Waals surface area (Å²) in [5, 5.41) is 15.6. The van der Waals surface area contributed by atoms with Gasteiger partial charge in [0.1, 0.15) is 17.4 Å². The van der Waals surface area contributed by atoms with Crippen molar-refractivity contribution >= 4 is 29.0 Å². The molecular weight excluding hydrogens is 284 g/mol. The molecule has 0 aliphatic heterocycles. The van der Waals surface area contributed by atoms with Crippen LogP contribution < -0.4 is 10.1 Å². The average molecular weight is 298 g/mol. The van der Waals surface area contributed by atoms with Crippen molar-refractivity contribution in [2.24, 2.45) is 0 Å². The van der Waals surface area contributed by atoms with E-state index in [1.807, 2.05) is 29.8 Å². The lowest BCUT2D eigenvalue weighted by molar-refractivity contribution is -0.112. The zero-order valence-corrected chi connectivity index (χ0v) is 12.3. The zero-order valence-electron chi connectivity index (χ0n) is 11.5. The molecule has 0 radical (unpaired) electrons. The van der Waals surface area contributed by atoms with Crippen molar-refractivity contribution in [3.8, 4) is 11.8 Å². The second-order valence-corrected chi connectivity index (χ2v) is 4.92. The van der Waals surface area contributed by atoms with Gasteiger partial charge in [-0.25, -0.2) is 0 Å². The van der Waals surface area contributed by atoms with Crippen molar-refractivity contribution in [1.29, 1.82) is 5.26 Å². The molecule has 5 heteroatoms. The minimum atomic E-state index is -0.423. The second-order valence-electron chi connectivity index (χ2n) is 4.14. The highest BCUT2D eigenvalue weighted by atomic mass is 32.1. The van der Waals surface area contributed by atoms with E-state index in [9.17, 15) is 4.79 Å². The van der Waals surface area contributed by atoms with Crippen molar-refractivity contribution in [3.63, 3.8) is 0 Å². The van der Waals surface area contributed by atoms with Crippen molar-refractivity contribution in [2.75, 3.05) is 11.9 Å². The number of nitrogens with one attached hydrogen (secondary N) is 1. The van der Waals surface area contributed by atoms with Crippen molar-refractivity contribution < 1.29 is 9.53 Å². The lowest BCUT2D eigenvalue weighted by Gasteiger charge is -2.06. The predicted octanol–water partition coefficient (Wildman–Crippen LogP) is 3.69. The Morgan fingerprint density at radius 2 is 2.14 bits per heavy atom. The third kappa shape index (κ3) is 4.20. The maximum atomic E-state index is 12.1. The van der Waals surface area contributed by atoms with E-state index >= 15 is 0 Å². The van der Waals surface area contributed by atoms with Gasteiger partial charge in [0.25, 0.3) is 5.91 Å². The Morgan fingerprint density at radius 3 is 2.71 bits per heavy atom. The number of amides is 1. The summed E-state index contributed by atoms with van der Waals surface area (Å²) in [7, 11) is 0. The fraction of sp³-hybridized carbons (Fsp3) is 0.125. The molecule has 0 aliphatic carbocycles. The number of nitriles is 1. The van der Waals surface area contributed by atoms with Gasteiger partial charge in [0.15, 0.2) is 0 Å². The van der Waals surface area contributed by atoms with Crippen LogP contribution in [0.25, 0.3) is 6.08 Å². The number of hydrogen-bond donors (Lipinski definition) is 1. The standard InChI is InChI=1S/C16H14N2O2S/c1-2-20-15-5-3-14(4-6-15)18-16(19)13(10-17)9-12-7-8-21-11-12/h3-9,11H,2H2,1H3,(H,18,19)/b13-9-. The van der Waals surface area contributed by atoms with Gasteiger partial charge < -0.3 is 10.1 Å². The Kier molecular flexibility index (Phi) is 5.13. The number of anilines is 1. The van der Waals surface area contributed by atoms with Gasteiger partial charge in [-0.1, -0.05) is 0 Å². The van der Waals surface area contributed by atoms with Crippen molar-refractivity contribution in [1.82, 2.24) is 0 Å². The fourth-order valence-corrected chi connectivity index (χ4v) is 2.29. The number of hydrogen-bond acceptors (Lipinski definition) is 4. The van der Waals surface area contributed by atoms with Gasteiger partial charge in [-0.2, -0.15) is 16.6 Å². The Bertz CT molecular complexity index is 667. The number of nitrogens with zero attached hydrogens (tertiary/aromatic N) is 1. The second kappa shape index (κ2) is 7.27. The summed E-state index contributed by atoms with van der Waals surface area (Å²) in [6.07, 6.45) is 1.57.